The standard InChI is InChI=1S/C10H13N5/c1-7(11)14-10(13)15-9(12)8-5-3-2-4-6-8/h2-6H,1H3,(H5,11,12,13,14,15). The van der Waals surface area contributed by atoms with Crippen molar-refractivity contribution in [3.05, 3.63) is 35.9 Å². The number of rotatable bonds is 1. The first-order valence-electron chi connectivity index (χ1n) is 4.41. The van der Waals surface area contributed by atoms with Crippen LogP contribution in [0.15, 0.2) is 30.3 Å². The maximum Gasteiger partial charge on any atom is 0.199 e. The van der Waals surface area contributed by atoms with Crippen molar-refractivity contribution < 1.29 is 0 Å². The Morgan fingerprint density at radius 2 is 1.60 bits per heavy atom. The molecule has 1 aromatic carbocycles. The van der Waals surface area contributed by atoms with E-state index in [1.165, 1.54) is 6.92 Å². The highest BCUT2D eigenvalue weighted by Crippen LogP contribution is 1.96. The Labute approximate surface area is 88.0 Å². The molecule has 0 amide bonds. The van der Waals surface area contributed by atoms with Crippen LogP contribution in [0.25, 0.3) is 0 Å². The molecule has 5 N–H and O–H groups in total. The summed E-state index contributed by atoms with van der Waals surface area (Å²) in [5.74, 6) is 0.221. The maximum absolute atomic E-state index is 7.64. The smallest absolute Gasteiger partial charge is 0.199 e. The summed E-state index contributed by atoms with van der Waals surface area (Å²) < 4.78 is 0. The number of guanidine groups is 1. The Bertz CT molecular complexity index is 382. The zero-order valence-corrected chi connectivity index (χ0v) is 8.39. The first-order valence-corrected chi connectivity index (χ1v) is 4.41. The van der Waals surface area contributed by atoms with Gasteiger partial charge in [0.05, 0.1) is 5.84 Å². The van der Waals surface area contributed by atoms with Crippen molar-refractivity contribution in [3.63, 3.8) is 0 Å². The molecule has 0 fully saturated rings. The summed E-state index contributed by atoms with van der Waals surface area (Å²) in [6, 6.07) is 9.07. The fourth-order valence-corrected chi connectivity index (χ4v) is 1.02. The number of hydrogen-bond donors (Lipinski definition) is 5. The lowest BCUT2D eigenvalue weighted by molar-refractivity contribution is 1.12. The summed E-state index contributed by atoms with van der Waals surface area (Å²) in [5.41, 5.74) is 0.701. The van der Waals surface area contributed by atoms with E-state index in [9.17, 15) is 0 Å². The minimum atomic E-state index is -0.0728. The van der Waals surface area contributed by atoms with Crippen LogP contribution in [0.2, 0.25) is 0 Å². The monoisotopic (exact) mass is 203 g/mol. The lowest BCUT2D eigenvalue weighted by Gasteiger charge is -2.09. The molecule has 1 aromatic rings. The van der Waals surface area contributed by atoms with Gasteiger partial charge in [0.1, 0.15) is 5.84 Å². The van der Waals surface area contributed by atoms with Crippen molar-refractivity contribution in [1.29, 1.82) is 16.2 Å². The van der Waals surface area contributed by atoms with E-state index in [1.54, 1.807) is 12.1 Å². The van der Waals surface area contributed by atoms with E-state index in [1.807, 2.05) is 18.2 Å². The van der Waals surface area contributed by atoms with Crippen LogP contribution in [0.4, 0.5) is 0 Å². The number of amidine groups is 2. The van der Waals surface area contributed by atoms with Crippen LogP contribution in [-0.2, 0) is 0 Å². The Morgan fingerprint density at radius 3 is 2.13 bits per heavy atom. The molecule has 15 heavy (non-hydrogen) atoms. The molecular weight excluding hydrogens is 190 g/mol. The summed E-state index contributed by atoms with van der Waals surface area (Å²) in [4.78, 5) is 0. The molecule has 0 unspecified atom stereocenters. The average molecular weight is 203 g/mol. The molecule has 5 heteroatoms. The summed E-state index contributed by atoms with van der Waals surface area (Å²) in [5, 5.41) is 27.1. The van der Waals surface area contributed by atoms with Crippen LogP contribution in [0.5, 0.6) is 0 Å². The molecule has 78 valence electrons. The zero-order valence-electron chi connectivity index (χ0n) is 8.39. The Hall–Kier alpha value is -2.17. The largest absolute Gasteiger partial charge is 0.315 e. The van der Waals surface area contributed by atoms with Crippen molar-refractivity contribution in [2.45, 2.75) is 6.92 Å². The lowest BCUT2D eigenvalue weighted by Crippen LogP contribution is -2.41. The second-order valence-electron chi connectivity index (χ2n) is 2.99. The second-order valence-corrected chi connectivity index (χ2v) is 2.99. The van der Waals surface area contributed by atoms with E-state index in [0.717, 1.165) is 0 Å². The van der Waals surface area contributed by atoms with Gasteiger partial charge in [0.2, 0.25) is 0 Å². The molecule has 0 aliphatic heterocycles. The van der Waals surface area contributed by atoms with Gasteiger partial charge in [0, 0.05) is 5.56 Å². The fourth-order valence-electron chi connectivity index (χ4n) is 1.02. The van der Waals surface area contributed by atoms with E-state index >= 15 is 0 Å². The fraction of sp³-hybridized carbons (Fsp3) is 0.100. The molecule has 0 aromatic heterocycles. The molecule has 5 nitrogen and oxygen atoms in total. The minimum Gasteiger partial charge on any atom is -0.315 e. The van der Waals surface area contributed by atoms with E-state index < -0.39 is 0 Å². The zero-order chi connectivity index (χ0) is 11.3. The van der Waals surface area contributed by atoms with Gasteiger partial charge in [0.25, 0.3) is 0 Å². The van der Waals surface area contributed by atoms with Crippen LogP contribution in [-0.4, -0.2) is 17.6 Å². The van der Waals surface area contributed by atoms with Gasteiger partial charge in [-0.05, 0) is 6.92 Å². The topological polar surface area (TPSA) is 95.6 Å². The van der Waals surface area contributed by atoms with Crippen molar-refractivity contribution in [2.75, 3.05) is 0 Å². The van der Waals surface area contributed by atoms with Crippen LogP contribution >= 0.6 is 0 Å². The third-order valence-corrected chi connectivity index (χ3v) is 1.62. The van der Waals surface area contributed by atoms with E-state index in [2.05, 4.69) is 10.6 Å². The minimum absolute atomic E-state index is 0.0728. The molecular formula is C10H13N5. The van der Waals surface area contributed by atoms with Crippen molar-refractivity contribution in [1.82, 2.24) is 10.6 Å². The molecule has 0 bridgehead atoms. The maximum atomic E-state index is 7.64. The highest BCUT2D eigenvalue weighted by Gasteiger charge is 2.02. The molecule has 0 heterocycles. The molecule has 0 atom stereocenters. The van der Waals surface area contributed by atoms with Crippen molar-refractivity contribution in [2.24, 2.45) is 0 Å². The van der Waals surface area contributed by atoms with Crippen molar-refractivity contribution in [3.8, 4) is 0 Å². The van der Waals surface area contributed by atoms with Gasteiger partial charge in [0.15, 0.2) is 5.96 Å². The normalized spacial score (nSPS) is 9.13. The average Bonchev–Trinajstić information content (AvgIpc) is 2.17. The Kier molecular flexibility index (Phi) is 3.56. The van der Waals surface area contributed by atoms with Gasteiger partial charge in [-0.15, -0.1) is 0 Å². The van der Waals surface area contributed by atoms with Gasteiger partial charge in [-0.2, -0.15) is 0 Å². The van der Waals surface area contributed by atoms with Crippen molar-refractivity contribution >= 4 is 17.6 Å². The third-order valence-electron chi connectivity index (χ3n) is 1.62. The SMILES string of the molecule is CC(=N)NC(=N)NC(=N)c1ccccc1. The Balaban J connectivity index is 2.57. The first kappa shape index (κ1) is 10.9. The van der Waals surface area contributed by atoms with Gasteiger partial charge < -0.3 is 10.6 Å². The van der Waals surface area contributed by atoms with E-state index in [-0.39, 0.29) is 17.6 Å². The van der Waals surface area contributed by atoms with Crippen LogP contribution in [0, 0.1) is 16.2 Å². The summed E-state index contributed by atoms with van der Waals surface area (Å²) in [6.07, 6.45) is 0. The van der Waals surface area contributed by atoms with Gasteiger partial charge in [-0.3, -0.25) is 16.2 Å². The van der Waals surface area contributed by atoms with Crippen LogP contribution in [0.1, 0.15) is 12.5 Å². The van der Waals surface area contributed by atoms with E-state index in [0.29, 0.717) is 5.56 Å². The summed E-state index contributed by atoms with van der Waals surface area (Å²) >= 11 is 0. The molecule has 0 radical (unpaired) electrons. The third kappa shape index (κ3) is 3.60. The highest BCUT2D eigenvalue weighted by atomic mass is 15.2. The number of hydrogen-bond acceptors (Lipinski definition) is 3. The first-order chi connectivity index (χ1) is 7.09. The number of nitrogens with one attached hydrogen (secondary N) is 5. The summed E-state index contributed by atoms with van der Waals surface area (Å²) in [7, 11) is 0. The second kappa shape index (κ2) is 4.90. The molecule has 0 saturated carbocycles. The van der Waals surface area contributed by atoms with Gasteiger partial charge >= 0.3 is 0 Å². The van der Waals surface area contributed by atoms with Crippen LogP contribution in [0.3, 0.4) is 0 Å². The van der Waals surface area contributed by atoms with Gasteiger partial charge in [-0.1, -0.05) is 30.3 Å². The molecule has 1 rings (SSSR count). The van der Waals surface area contributed by atoms with E-state index in [4.69, 9.17) is 16.2 Å². The molecule has 0 saturated heterocycles. The van der Waals surface area contributed by atoms with Crippen LogP contribution < -0.4 is 10.6 Å². The van der Waals surface area contributed by atoms with Gasteiger partial charge in [-0.25, -0.2) is 0 Å². The molecule has 0 aliphatic carbocycles. The predicted molar refractivity (Wildman–Crippen MR) is 60.7 cm³/mol. The predicted octanol–water partition coefficient (Wildman–Crippen LogP) is 1.12. The summed E-state index contributed by atoms with van der Waals surface area (Å²) in [6.45, 7) is 1.53. The Morgan fingerprint density at radius 1 is 1.00 bits per heavy atom. The highest BCUT2D eigenvalue weighted by molar-refractivity contribution is 6.09. The lowest BCUT2D eigenvalue weighted by atomic mass is 10.2. The number of benzene rings is 1. The molecule has 0 aliphatic rings. The quantitative estimate of drug-likeness (QED) is 0.349. The molecule has 0 spiro atoms.